The average Bonchev–Trinajstić information content (AvgIpc) is 3.87. The molecule has 0 spiro atoms. The number of benzene rings is 2. The largest absolute Gasteiger partial charge is 0.454 e. The van der Waals surface area contributed by atoms with Crippen molar-refractivity contribution in [2.45, 2.75) is 68.6 Å². The standard InChI is InChI=1S/C35H47N3O13S/c1-35(2,11-12-36-33(40)50-24-17-44-21-45-18-24)20-38(52(42,43)25-8-9-29-30(15-25)49-22-48-29)16-28(39)27(14-23-6-4-3-5-7-23)37-34(41)51-31-19-47-32-26(31)10-13-46-32/h3-9,15,24,26-28,31-32,39H,10-14,16-22H2,1-2H3,(H,36,40)(H,37,41)/t26-,27-,28+,31-,32+/m0/s1. The highest BCUT2D eigenvalue weighted by molar-refractivity contribution is 7.89. The maximum absolute atomic E-state index is 14.4. The predicted molar refractivity (Wildman–Crippen MR) is 182 cm³/mol. The van der Waals surface area contributed by atoms with Crippen molar-refractivity contribution in [1.29, 1.82) is 0 Å². The van der Waals surface area contributed by atoms with E-state index in [4.69, 9.17) is 37.9 Å². The number of aliphatic hydroxyl groups excluding tert-OH is 1. The number of carbonyl (C=O) groups excluding carboxylic acids is 2. The fraction of sp³-hybridized carbons (Fsp3) is 0.600. The summed E-state index contributed by atoms with van der Waals surface area (Å²) in [5.74, 6) is 0.623. The summed E-state index contributed by atoms with van der Waals surface area (Å²) in [5.41, 5.74) is 0.104. The number of alkyl carbamates (subject to hydrolysis) is 2. The van der Waals surface area contributed by atoms with Gasteiger partial charge in [-0.3, -0.25) is 0 Å². The van der Waals surface area contributed by atoms with Crippen LogP contribution in [-0.4, -0.2) is 120 Å². The molecular formula is C35H47N3O13S. The van der Waals surface area contributed by atoms with Gasteiger partial charge < -0.3 is 53.6 Å². The molecule has 4 aliphatic heterocycles. The van der Waals surface area contributed by atoms with Crippen LogP contribution in [0.1, 0.15) is 32.3 Å². The molecule has 2 aromatic carbocycles. The van der Waals surface area contributed by atoms with Gasteiger partial charge in [0.05, 0.1) is 49.4 Å². The lowest BCUT2D eigenvalue weighted by atomic mass is 9.89. The third-order valence-electron chi connectivity index (χ3n) is 9.41. The van der Waals surface area contributed by atoms with Gasteiger partial charge in [-0.25, -0.2) is 18.0 Å². The number of hydrogen-bond acceptors (Lipinski definition) is 13. The normalized spacial score (nSPS) is 22.8. The molecule has 286 valence electrons. The molecule has 0 aliphatic carbocycles. The van der Waals surface area contributed by atoms with E-state index in [0.717, 1.165) is 5.56 Å². The Kier molecular flexibility index (Phi) is 12.4. The Morgan fingerprint density at radius 1 is 0.981 bits per heavy atom. The number of nitrogens with zero attached hydrogens (tertiary/aromatic N) is 1. The van der Waals surface area contributed by atoms with Crippen LogP contribution >= 0.6 is 0 Å². The van der Waals surface area contributed by atoms with Crippen molar-refractivity contribution in [3.63, 3.8) is 0 Å². The first-order valence-corrected chi connectivity index (χ1v) is 18.8. The molecule has 4 heterocycles. The quantitative estimate of drug-likeness (QED) is 0.241. The maximum atomic E-state index is 14.4. The molecule has 16 nitrogen and oxygen atoms in total. The molecule has 52 heavy (non-hydrogen) atoms. The summed E-state index contributed by atoms with van der Waals surface area (Å²) in [7, 11) is -4.25. The molecule has 0 bridgehead atoms. The first-order valence-electron chi connectivity index (χ1n) is 17.4. The Morgan fingerprint density at radius 3 is 2.54 bits per heavy atom. The van der Waals surface area contributed by atoms with Crippen LogP contribution < -0.4 is 20.1 Å². The first kappa shape index (κ1) is 38.0. The van der Waals surface area contributed by atoms with Gasteiger partial charge in [0, 0.05) is 25.7 Å². The molecule has 17 heteroatoms. The predicted octanol–water partition coefficient (Wildman–Crippen LogP) is 2.38. The minimum absolute atomic E-state index is 0.0329. The van der Waals surface area contributed by atoms with Crippen molar-refractivity contribution in [1.82, 2.24) is 14.9 Å². The fourth-order valence-corrected chi connectivity index (χ4v) is 8.24. The van der Waals surface area contributed by atoms with Crippen LogP contribution in [0.15, 0.2) is 53.4 Å². The molecule has 0 saturated carbocycles. The van der Waals surface area contributed by atoms with E-state index in [0.29, 0.717) is 25.2 Å². The summed E-state index contributed by atoms with van der Waals surface area (Å²) in [4.78, 5) is 25.6. The Labute approximate surface area is 303 Å². The fourth-order valence-electron chi connectivity index (χ4n) is 6.58. The van der Waals surface area contributed by atoms with E-state index in [9.17, 15) is 23.1 Å². The number of nitrogens with one attached hydrogen (secondary N) is 2. The Hall–Kier alpha value is -3.71. The zero-order valence-electron chi connectivity index (χ0n) is 29.3. The van der Waals surface area contributed by atoms with Gasteiger partial charge in [0.2, 0.25) is 16.8 Å². The van der Waals surface area contributed by atoms with Crippen LogP contribution in [0.25, 0.3) is 0 Å². The lowest BCUT2D eigenvalue weighted by Gasteiger charge is -2.35. The SMILES string of the molecule is CC(C)(CCNC(=O)OC1COCOC1)CN(C[C@@H](O)[C@H](Cc1ccccc1)NC(=O)O[C@H]1CO[C@H]2OCC[C@H]21)S(=O)(=O)c1ccc2c(c1)OCO2. The lowest BCUT2D eigenvalue weighted by molar-refractivity contribution is -0.151. The average molecular weight is 750 g/mol. The summed E-state index contributed by atoms with van der Waals surface area (Å²) in [6, 6.07) is 12.6. The molecule has 2 aromatic rings. The third-order valence-corrected chi connectivity index (χ3v) is 11.2. The maximum Gasteiger partial charge on any atom is 0.407 e. The third kappa shape index (κ3) is 9.83. The second kappa shape index (κ2) is 17.0. The summed E-state index contributed by atoms with van der Waals surface area (Å²) < 4.78 is 73.3. The highest BCUT2D eigenvalue weighted by Crippen LogP contribution is 2.36. The number of sulfonamides is 1. The van der Waals surface area contributed by atoms with Gasteiger partial charge in [-0.2, -0.15) is 4.31 Å². The van der Waals surface area contributed by atoms with Crippen molar-refractivity contribution in [2.24, 2.45) is 11.3 Å². The van der Waals surface area contributed by atoms with Crippen LogP contribution in [-0.2, 0) is 44.9 Å². The molecule has 3 N–H and O–H groups in total. The van der Waals surface area contributed by atoms with Crippen molar-refractivity contribution in [3.05, 3.63) is 54.1 Å². The number of amides is 2. The molecule has 0 aromatic heterocycles. The van der Waals surface area contributed by atoms with E-state index >= 15 is 0 Å². The van der Waals surface area contributed by atoms with Gasteiger partial charge >= 0.3 is 12.2 Å². The van der Waals surface area contributed by atoms with E-state index in [1.807, 2.05) is 44.2 Å². The van der Waals surface area contributed by atoms with Gasteiger partial charge in [-0.05, 0) is 42.4 Å². The molecule has 2 amide bonds. The molecule has 0 radical (unpaired) electrons. The number of rotatable bonds is 15. The first-order chi connectivity index (χ1) is 25.0. The van der Waals surface area contributed by atoms with E-state index in [1.165, 1.54) is 22.5 Å². The second-order valence-electron chi connectivity index (χ2n) is 14.0. The highest BCUT2D eigenvalue weighted by atomic mass is 32.2. The summed E-state index contributed by atoms with van der Waals surface area (Å²) in [5, 5.41) is 17.3. The van der Waals surface area contributed by atoms with Gasteiger partial charge in [0.1, 0.15) is 12.9 Å². The molecule has 3 saturated heterocycles. The van der Waals surface area contributed by atoms with Crippen LogP contribution in [0.3, 0.4) is 0 Å². The van der Waals surface area contributed by atoms with Crippen LogP contribution in [0.4, 0.5) is 9.59 Å². The van der Waals surface area contributed by atoms with Gasteiger partial charge in [-0.1, -0.05) is 44.2 Å². The monoisotopic (exact) mass is 749 g/mol. The zero-order valence-corrected chi connectivity index (χ0v) is 30.1. The number of ether oxygens (including phenoxy) is 8. The number of fused-ring (bicyclic) bond motifs is 2. The summed E-state index contributed by atoms with van der Waals surface area (Å²) in [6.07, 6.45) is -2.97. The number of aliphatic hydroxyl groups is 1. The Bertz CT molecular complexity index is 1620. The molecule has 6 rings (SSSR count). The van der Waals surface area contributed by atoms with Crippen LogP contribution in [0.5, 0.6) is 11.5 Å². The van der Waals surface area contributed by atoms with Crippen molar-refractivity contribution >= 4 is 22.2 Å². The Morgan fingerprint density at radius 2 is 1.75 bits per heavy atom. The summed E-state index contributed by atoms with van der Waals surface area (Å²) >= 11 is 0. The van der Waals surface area contributed by atoms with E-state index < -0.39 is 58.3 Å². The van der Waals surface area contributed by atoms with E-state index in [2.05, 4.69) is 10.6 Å². The van der Waals surface area contributed by atoms with E-state index in [-0.39, 0.29) is 76.0 Å². The van der Waals surface area contributed by atoms with Gasteiger partial charge in [0.15, 0.2) is 23.9 Å². The van der Waals surface area contributed by atoms with Crippen LogP contribution in [0.2, 0.25) is 0 Å². The minimum atomic E-state index is -4.25. The number of hydrogen-bond donors (Lipinski definition) is 3. The molecular weight excluding hydrogens is 702 g/mol. The van der Waals surface area contributed by atoms with Crippen molar-refractivity contribution in [2.75, 3.05) is 59.6 Å². The van der Waals surface area contributed by atoms with Crippen molar-refractivity contribution in [3.8, 4) is 11.5 Å². The van der Waals surface area contributed by atoms with E-state index in [1.54, 1.807) is 0 Å². The second-order valence-corrected chi connectivity index (χ2v) is 16.0. The Balaban J connectivity index is 1.17. The minimum Gasteiger partial charge on any atom is -0.454 e. The van der Waals surface area contributed by atoms with Gasteiger partial charge in [0.25, 0.3) is 0 Å². The molecule has 5 atom stereocenters. The van der Waals surface area contributed by atoms with Crippen molar-refractivity contribution < 1.29 is 61.0 Å². The zero-order chi connectivity index (χ0) is 36.7. The molecule has 4 aliphatic rings. The molecule has 3 fully saturated rings. The lowest BCUT2D eigenvalue weighted by Crippen LogP contribution is -2.52. The summed E-state index contributed by atoms with van der Waals surface area (Å²) in [6.45, 7) is 4.77. The number of carbonyl (C=O) groups is 2. The topological polar surface area (TPSA) is 190 Å². The van der Waals surface area contributed by atoms with Gasteiger partial charge in [-0.15, -0.1) is 0 Å². The smallest absolute Gasteiger partial charge is 0.407 e. The highest BCUT2D eigenvalue weighted by Gasteiger charge is 2.44. The van der Waals surface area contributed by atoms with Crippen LogP contribution in [0, 0.1) is 11.3 Å². The molecule has 0 unspecified atom stereocenters.